The van der Waals surface area contributed by atoms with Crippen molar-refractivity contribution < 1.29 is 8.78 Å². The summed E-state index contributed by atoms with van der Waals surface area (Å²) >= 11 is 0. The number of hydrogen-bond acceptors (Lipinski definition) is 2. The Morgan fingerprint density at radius 2 is 1.69 bits per heavy atom. The lowest BCUT2D eigenvalue weighted by Crippen LogP contribution is -1.77. The predicted octanol–water partition coefficient (Wildman–Crippen LogP) is 3.86. The van der Waals surface area contributed by atoms with Gasteiger partial charge in [0.1, 0.15) is 0 Å². The van der Waals surface area contributed by atoms with Crippen molar-refractivity contribution in [3.8, 4) is 0 Å². The summed E-state index contributed by atoms with van der Waals surface area (Å²) in [5, 5.41) is 2.12. The van der Waals surface area contributed by atoms with Gasteiger partial charge in [0.25, 0.3) is 0 Å². The van der Waals surface area contributed by atoms with Crippen molar-refractivity contribution in [3.63, 3.8) is 0 Å². The molecule has 0 N–H and O–H groups in total. The molecule has 0 aliphatic carbocycles. The van der Waals surface area contributed by atoms with Gasteiger partial charge in [-0.05, 0) is 17.5 Å². The summed E-state index contributed by atoms with van der Waals surface area (Å²) in [5.74, 6) is -0.398. The SMILES string of the molecule is C1=CSSC1.Fc1ccccc1F. The molecule has 0 saturated carbocycles. The Bertz CT molecular complexity index is 260. The summed E-state index contributed by atoms with van der Waals surface area (Å²) < 4.78 is 23.9. The second-order valence-corrected chi connectivity index (χ2v) is 4.48. The zero-order valence-electron chi connectivity index (χ0n) is 6.74. The predicted molar refractivity (Wildman–Crippen MR) is 55.5 cm³/mol. The van der Waals surface area contributed by atoms with Crippen molar-refractivity contribution in [1.29, 1.82) is 0 Å². The third kappa shape index (κ3) is 4.33. The van der Waals surface area contributed by atoms with Crippen molar-refractivity contribution in [2.24, 2.45) is 0 Å². The average molecular weight is 218 g/mol. The Morgan fingerprint density at radius 1 is 1.08 bits per heavy atom. The molecule has 0 nitrogen and oxygen atoms in total. The first-order valence-corrected chi connectivity index (χ1v) is 6.02. The van der Waals surface area contributed by atoms with Crippen LogP contribution < -0.4 is 0 Å². The summed E-state index contributed by atoms with van der Waals surface area (Å²) in [4.78, 5) is 0. The first-order chi connectivity index (χ1) is 6.30. The summed E-state index contributed by atoms with van der Waals surface area (Å²) in [5.41, 5.74) is 0. The highest BCUT2D eigenvalue weighted by Crippen LogP contribution is 2.27. The second kappa shape index (κ2) is 6.05. The number of benzene rings is 1. The molecule has 0 fully saturated rings. The molecule has 0 radical (unpaired) electrons. The van der Waals surface area contributed by atoms with E-state index in [1.165, 1.54) is 17.9 Å². The first kappa shape index (κ1) is 10.6. The van der Waals surface area contributed by atoms with Crippen LogP contribution in [0.3, 0.4) is 0 Å². The van der Waals surface area contributed by atoms with Crippen LogP contribution in [0.15, 0.2) is 35.7 Å². The van der Waals surface area contributed by atoms with Gasteiger partial charge in [-0.3, -0.25) is 0 Å². The third-order valence-corrected chi connectivity index (χ3v) is 3.13. The second-order valence-electron chi connectivity index (χ2n) is 2.17. The van der Waals surface area contributed by atoms with Crippen molar-refractivity contribution in [1.82, 2.24) is 0 Å². The molecule has 0 bridgehead atoms. The van der Waals surface area contributed by atoms with Crippen LogP contribution in [0, 0.1) is 11.6 Å². The van der Waals surface area contributed by atoms with Crippen molar-refractivity contribution in [2.75, 3.05) is 5.75 Å². The number of hydrogen-bond donors (Lipinski definition) is 0. The van der Waals surface area contributed by atoms with Gasteiger partial charge in [0.05, 0.1) is 0 Å². The fourth-order valence-electron chi connectivity index (χ4n) is 0.636. The topological polar surface area (TPSA) is 0 Å². The summed E-state index contributed by atoms with van der Waals surface area (Å²) in [7, 11) is 3.69. The van der Waals surface area contributed by atoms with Gasteiger partial charge < -0.3 is 0 Å². The van der Waals surface area contributed by atoms with Crippen LogP contribution in [-0.2, 0) is 0 Å². The van der Waals surface area contributed by atoms with E-state index in [0.717, 1.165) is 12.1 Å². The Kier molecular flexibility index (Phi) is 4.93. The monoisotopic (exact) mass is 218 g/mol. The van der Waals surface area contributed by atoms with E-state index in [9.17, 15) is 8.78 Å². The van der Waals surface area contributed by atoms with Gasteiger partial charge in [-0.15, -0.1) is 0 Å². The molecule has 1 aromatic rings. The molecule has 1 aliphatic rings. The van der Waals surface area contributed by atoms with Crippen LogP contribution in [0.25, 0.3) is 0 Å². The fraction of sp³-hybridized carbons (Fsp3) is 0.111. The van der Waals surface area contributed by atoms with Gasteiger partial charge in [-0.1, -0.05) is 39.8 Å². The van der Waals surface area contributed by atoms with Gasteiger partial charge in [-0.25, -0.2) is 8.78 Å². The Hall–Kier alpha value is -0.480. The van der Waals surface area contributed by atoms with Crippen LogP contribution in [0.5, 0.6) is 0 Å². The minimum atomic E-state index is -0.799. The van der Waals surface area contributed by atoms with E-state index in [1.54, 1.807) is 0 Å². The third-order valence-electron chi connectivity index (χ3n) is 1.21. The molecule has 0 saturated heterocycles. The van der Waals surface area contributed by atoms with Gasteiger partial charge in [0, 0.05) is 5.75 Å². The summed E-state index contributed by atoms with van der Waals surface area (Å²) in [6.07, 6.45) is 2.16. The lowest BCUT2D eigenvalue weighted by atomic mass is 10.3. The van der Waals surface area contributed by atoms with Gasteiger partial charge in [0.2, 0.25) is 0 Å². The number of rotatable bonds is 0. The van der Waals surface area contributed by atoms with Crippen LogP contribution in [0.1, 0.15) is 0 Å². The average Bonchev–Trinajstić information content (AvgIpc) is 2.68. The molecule has 1 aromatic carbocycles. The molecule has 2 rings (SSSR count). The molecule has 70 valence electrons. The molecule has 13 heavy (non-hydrogen) atoms. The fourth-order valence-corrected chi connectivity index (χ4v) is 2.21. The zero-order valence-corrected chi connectivity index (χ0v) is 8.38. The normalized spacial score (nSPS) is 13.7. The van der Waals surface area contributed by atoms with E-state index in [4.69, 9.17) is 0 Å². The Morgan fingerprint density at radius 3 is 1.92 bits per heavy atom. The van der Waals surface area contributed by atoms with Crippen molar-refractivity contribution >= 4 is 21.6 Å². The zero-order chi connectivity index (χ0) is 9.52. The van der Waals surface area contributed by atoms with Crippen molar-refractivity contribution in [2.45, 2.75) is 0 Å². The lowest BCUT2D eigenvalue weighted by Gasteiger charge is -1.85. The molecular formula is C9H8F2S2. The molecule has 0 unspecified atom stereocenters. The van der Waals surface area contributed by atoms with Crippen LogP contribution in [0.4, 0.5) is 8.78 Å². The highest BCUT2D eigenvalue weighted by atomic mass is 33.1. The van der Waals surface area contributed by atoms with E-state index in [-0.39, 0.29) is 0 Å². The molecule has 4 heteroatoms. The number of halogens is 2. The standard InChI is InChI=1S/C6H4F2.C3H4S2/c7-5-3-1-2-4-6(5)8;1-2-4-5-3-1/h1-4H;1-2H,3H2. The molecule has 0 atom stereocenters. The molecular weight excluding hydrogens is 210 g/mol. The lowest BCUT2D eigenvalue weighted by molar-refractivity contribution is 0.508. The molecule has 1 heterocycles. The highest BCUT2D eigenvalue weighted by Gasteiger charge is 1.93. The quantitative estimate of drug-likeness (QED) is 0.606. The minimum absolute atomic E-state index is 0.799. The highest BCUT2D eigenvalue weighted by molar-refractivity contribution is 8.78. The smallest absolute Gasteiger partial charge is 0.158 e. The summed E-state index contributed by atoms with van der Waals surface area (Å²) in [6.45, 7) is 0. The van der Waals surface area contributed by atoms with Gasteiger partial charge in [-0.2, -0.15) is 0 Å². The van der Waals surface area contributed by atoms with Gasteiger partial charge in [0.15, 0.2) is 11.6 Å². The molecule has 0 amide bonds. The van der Waals surface area contributed by atoms with Crippen LogP contribution >= 0.6 is 21.6 Å². The summed E-state index contributed by atoms with van der Waals surface area (Å²) in [6, 6.07) is 5.04. The van der Waals surface area contributed by atoms with Crippen molar-refractivity contribution in [3.05, 3.63) is 47.4 Å². The van der Waals surface area contributed by atoms with Gasteiger partial charge >= 0.3 is 0 Å². The molecule has 1 aliphatic heterocycles. The first-order valence-electron chi connectivity index (χ1n) is 3.64. The van der Waals surface area contributed by atoms with Crippen LogP contribution in [-0.4, -0.2) is 5.75 Å². The van der Waals surface area contributed by atoms with E-state index in [1.807, 2.05) is 21.6 Å². The minimum Gasteiger partial charge on any atom is -0.204 e. The Labute approximate surface area is 83.8 Å². The maximum Gasteiger partial charge on any atom is 0.158 e. The van der Waals surface area contributed by atoms with E-state index >= 15 is 0 Å². The molecule has 0 aromatic heterocycles. The van der Waals surface area contributed by atoms with Crippen LogP contribution in [0.2, 0.25) is 0 Å². The molecule has 0 spiro atoms. The Balaban J connectivity index is 0.000000145. The van der Waals surface area contributed by atoms with E-state index < -0.39 is 11.6 Å². The largest absolute Gasteiger partial charge is 0.204 e. The maximum absolute atomic E-state index is 11.9. The van der Waals surface area contributed by atoms with E-state index in [0.29, 0.717) is 0 Å². The van der Waals surface area contributed by atoms with E-state index in [2.05, 4.69) is 11.5 Å². The maximum atomic E-state index is 11.9.